The second kappa shape index (κ2) is 8.56. The van der Waals surface area contributed by atoms with Gasteiger partial charge < -0.3 is 14.4 Å². The van der Waals surface area contributed by atoms with Crippen LogP contribution in [-0.2, 0) is 23.9 Å². The van der Waals surface area contributed by atoms with Crippen LogP contribution < -0.4 is 0 Å². The zero-order valence-electron chi connectivity index (χ0n) is 13.8. The summed E-state index contributed by atoms with van der Waals surface area (Å²) in [6.45, 7) is 7.92. The van der Waals surface area contributed by atoms with Gasteiger partial charge in [0.15, 0.2) is 0 Å². The molecule has 22 heavy (non-hydrogen) atoms. The molecule has 0 saturated carbocycles. The van der Waals surface area contributed by atoms with Gasteiger partial charge in [-0.05, 0) is 32.6 Å². The number of likely N-dealkylation sites (tertiary alicyclic amines) is 1. The average Bonchev–Trinajstić information content (AvgIpc) is 2.77. The van der Waals surface area contributed by atoms with Crippen LogP contribution in [0, 0.1) is 5.92 Å². The van der Waals surface area contributed by atoms with E-state index in [1.807, 2.05) is 13.8 Å². The number of nitrogens with zero attached hydrogens (tertiary/aromatic N) is 1. The van der Waals surface area contributed by atoms with Gasteiger partial charge >= 0.3 is 11.9 Å². The van der Waals surface area contributed by atoms with Crippen molar-refractivity contribution in [3.05, 3.63) is 11.8 Å². The Balaban J connectivity index is 3.04. The van der Waals surface area contributed by atoms with Crippen molar-refractivity contribution in [1.29, 1.82) is 0 Å². The second-order valence-electron chi connectivity index (χ2n) is 5.55. The number of amides is 1. The molecule has 1 saturated heterocycles. The van der Waals surface area contributed by atoms with Crippen LogP contribution in [-0.4, -0.2) is 42.0 Å². The highest BCUT2D eigenvalue weighted by atomic mass is 16.5. The molecule has 0 N–H and O–H groups in total. The van der Waals surface area contributed by atoms with E-state index >= 15 is 0 Å². The van der Waals surface area contributed by atoms with Gasteiger partial charge in [0.2, 0.25) is 5.91 Å². The van der Waals surface area contributed by atoms with E-state index < -0.39 is 18.0 Å². The monoisotopic (exact) mass is 311 g/mol. The lowest BCUT2D eigenvalue weighted by atomic mass is 10.0. The van der Waals surface area contributed by atoms with Gasteiger partial charge in [0.25, 0.3) is 0 Å². The number of allylic oxidation sites excluding steroid dienone is 1. The molecule has 0 radical (unpaired) electrons. The summed E-state index contributed by atoms with van der Waals surface area (Å²) >= 11 is 0. The highest BCUT2D eigenvalue weighted by Gasteiger charge is 2.37. The number of hydrogen-bond donors (Lipinski definition) is 0. The topological polar surface area (TPSA) is 72.9 Å². The van der Waals surface area contributed by atoms with Crippen LogP contribution in [0.3, 0.4) is 0 Å². The van der Waals surface area contributed by atoms with Gasteiger partial charge in [-0.3, -0.25) is 4.79 Å². The smallest absolute Gasteiger partial charge is 0.332 e. The molecule has 1 amide bonds. The van der Waals surface area contributed by atoms with Crippen LogP contribution in [0.15, 0.2) is 11.8 Å². The van der Waals surface area contributed by atoms with E-state index in [2.05, 4.69) is 0 Å². The summed E-state index contributed by atoms with van der Waals surface area (Å²) in [5, 5.41) is 0. The first-order valence-corrected chi connectivity index (χ1v) is 7.76. The Morgan fingerprint density at radius 3 is 2.36 bits per heavy atom. The van der Waals surface area contributed by atoms with Crippen molar-refractivity contribution in [3.8, 4) is 0 Å². The van der Waals surface area contributed by atoms with Gasteiger partial charge in [-0.2, -0.15) is 0 Å². The first-order chi connectivity index (χ1) is 10.4. The fourth-order valence-corrected chi connectivity index (χ4v) is 2.46. The van der Waals surface area contributed by atoms with Gasteiger partial charge in [-0.25, -0.2) is 9.59 Å². The first kappa shape index (κ1) is 18.2. The van der Waals surface area contributed by atoms with Gasteiger partial charge in [0.05, 0.1) is 13.2 Å². The Morgan fingerprint density at radius 1 is 1.18 bits per heavy atom. The molecule has 0 aliphatic carbocycles. The minimum Gasteiger partial charge on any atom is -0.464 e. The summed E-state index contributed by atoms with van der Waals surface area (Å²) < 4.78 is 9.98. The van der Waals surface area contributed by atoms with Crippen molar-refractivity contribution in [2.75, 3.05) is 13.2 Å². The molecule has 1 aliphatic heterocycles. The number of ether oxygens (including phenoxy) is 2. The largest absolute Gasteiger partial charge is 0.464 e. The van der Waals surface area contributed by atoms with Crippen molar-refractivity contribution in [3.63, 3.8) is 0 Å². The van der Waals surface area contributed by atoms with Gasteiger partial charge in [0.1, 0.15) is 6.04 Å². The summed E-state index contributed by atoms with van der Waals surface area (Å²) in [7, 11) is 0. The van der Waals surface area contributed by atoms with E-state index in [0.29, 0.717) is 25.0 Å². The van der Waals surface area contributed by atoms with Crippen LogP contribution in [0.5, 0.6) is 0 Å². The summed E-state index contributed by atoms with van der Waals surface area (Å²) in [4.78, 5) is 37.4. The van der Waals surface area contributed by atoms with Crippen molar-refractivity contribution in [1.82, 2.24) is 4.90 Å². The zero-order chi connectivity index (χ0) is 16.7. The standard InChI is InChI=1S/C16H25NO5/c1-5-21-15(19)10-12-7-8-14(18)17(12)13(9-11(3)4)16(20)22-6-2/h10-11,13H,5-9H2,1-4H3/b12-10+. The van der Waals surface area contributed by atoms with E-state index in [1.54, 1.807) is 13.8 Å². The third kappa shape index (κ3) is 4.86. The Kier molecular flexibility index (Phi) is 7.08. The molecule has 0 bridgehead atoms. The van der Waals surface area contributed by atoms with E-state index in [9.17, 15) is 14.4 Å². The summed E-state index contributed by atoms with van der Waals surface area (Å²) in [5.41, 5.74) is 0.530. The lowest BCUT2D eigenvalue weighted by Crippen LogP contribution is -2.43. The van der Waals surface area contributed by atoms with Crippen molar-refractivity contribution in [2.24, 2.45) is 5.92 Å². The van der Waals surface area contributed by atoms with Gasteiger partial charge in [0, 0.05) is 18.2 Å². The molecule has 124 valence electrons. The number of rotatable bonds is 7. The molecule has 1 fully saturated rings. The molecule has 1 atom stereocenters. The van der Waals surface area contributed by atoms with Crippen LogP contribution in [0.1, 0.15) is 47.0 Å². The van der Waals surface area contributed by atoms with Crippen molar-refractivity contribution in [2.45, 2.75) is 53.0 Å². The minimum atomic E-state index is -0.685. The molecule has 0 spiro atoms. The summed E-state index contributed by atoms with van der Waals surface area (Å²) in [6.07, 6.45) is 2.52. The Labute approximate surface area is 131 Å². The first-order valence-electron chi connectivity index (χ1n) is 7.76. The van der Waals surface area contributed by atoms with Crippen LogP contribution >= 0.6 is 0 Å². The molecule has 1 unspecified atom stereocenters. The van der Waals surface area contributed by atoms with E-state index in [4.69, 9.17) is 9.47 Å². The van der Waals surface area contributed by atoms with Gasteiger partial charge in [-0.1, -0.05) is 13.8 Å². The zero-order valence-corrected chi connectivity index (χ0v) is 13.8. The van der Waals surface area contributed by atoms with E-state index in [0.717, 1.165) is 0 Å². The Bertz CT molecular complexity index is 455. The maximum atomic E-state index is 12.2. The molecule has 1 heterocycles. The molecule has 1 rings (SSSR count). The maximum Gasteiger partial charge on any atom is 0.332 e. The third-order valence-electron chi connectivity index (χ3n) is 3.31. The number of carbonyl (C=O) groups is 3. The molecular weight excluding hydrogens is 286 g/mol. The molecule has 6 nitrogen and oxygen atoms in total. The molecule has 1 aliphatic rings. The van der Waals surface area contributed by atoms with Crippen LogP contribution in [0.2, 0.25) is 0 Å². The quantitative estimate of drug-likeness (QED) is 0.531. The van der Waals surface area contributed by atoms with Crippen molar-refractivity contribution < 1.29 is 23.9 Å². The fraction of sp³-hybridized carbons (Fsp3) is 0.688. The lowest BCUT2D eigenvalue weighted by Gasteiger charge is -2.28. The normalized spacial score (nSPS) is 18.0. The van der Waals surface area contributed by atoms with E-state index in [-0.39, 0.29) is 25.0 Å². The van der Waals surface area contributed by atoms with Crippen LogP contribution in [0.4, 0.5) is 0 Å². The van der Waals surface area contributed by atoms with E-state index in [1.165, 1.54) is 11.0 Å². The molecule has 0 aromatic heterocycles. The fourth-order valence-electron chi connectivity index (χ4n) is 2.46. The lowest BCUT2D eigenvalue weighted by molar-refractivity contribution is -0.153. The third-order valence-corrected chi connectivity index (χ3v) is 3.31. The minimum absolute atomic E-state index is 0.158. The summed E-state index contributed by atoms with van der Waals surface area (Å²) in [5.74, 6) is -0.869. The Morgan fingerprint density at radius 2 is 1.82 bits per heavy atom. The molecule has 0 aromatic rings. The average molecular weight is 311 g/mol. The second-order valence-corrected chi connectivity index (χ2v) is 5.55. The maximum absolute atomic E-state index is 12.2. The summed E-state index contributed by atoms with van der Waals surface area (Å²) in [6, 6.07) is -0.685. The number of esters is 2. The molecule has 6 heteroatoms. The van der Waals surface area contributed by atoms with Crippen LogP contribution in [0.25, 0.3) is 0 Å². The molecule has 0 aromatic carbocycles. The SMILES string of the molecule is CCOC(=O)/C=C1\CCC(=O)N1C(CC(C)C)C(=O)OCC. The predicted molar refractivity (Wildman–Crippen MR) is 80.7 cm³/mol. The number of carbonyl (C=O) groups excluding carboxylic acids is 3. The van der Waals surface area contributed by atoms with Gasteiger partial charge in [-0.15, -0.1) is 0 Å². The highest BCUT2D eigenvalue weighted by Crippen LogP contribution is 2.28. The van der Waals surface area contributed by atoms with Crippen molar-refractivity contribution >= 4 is 17.8 Å². The Hall–Kier alpha value is -1.85. The number of hydrogen-bond acceptors (Lipinski definition) is 5. The predicted octanol–water partition coefficient (Wildman–Crippen LogP) is 2.03. The molecular formula is C16H25NO5. The highest BCUT2D eigenvalue weighted by molar-refractivity contribution is 5.91.